The number of hydrogen-bond donors (Lipinski definition) is 1. The van der Waals surface area contributed by atoms with E-state index in [0.29, 0.717) is 0 Å². The van der Waals surface area contributed by atoms with Crippen LogP contribution in [0.4, 0.5) is 4.39 Å². The van der Waals surface area contributed by atoms with Crippen molar-refractivity contribution < 1.29 is 14.3 Å². The third-order valence-corrected chi connectivity index (χ3v) is 1.16. The monoisotopic (exact) mass is 166 g/mol. The predicted molar refractivity (Wildman–Crippen MR) is 35.9 cm³/mol. The number of rotatable bonds is 1. The van der Waals surface area contributed by atoms with E-state index in [0.717, 1.165) is 12.1 Å². The van der Waals surface area contributed by atoms with Crippen molar-refractivity contribution in [2.75, 3.05) is 0 Å². The van der Waals surface area contributed by atoms with Crippen molar-refractivity contribution in [3.63, 3.8) is 0 Å². The van der Waals surface area contributed by atoms with Gasteiger partial charge in [0, 0.05) is 6.07 Å². The summed E-state index contributed by atoms with van der Waals surface area (Å²) in [6, 6.07) is 3.31. The first-order valence-corrected chi connectivity index (χ1v) is 2.94. The summed E-state index contributed by atoms with van der Waals surface area (Å²) in [6.45, 7) is 0. The molecule has 0 atom stereocenters. The number of aromatic carboxylic acids is 1. The molecule has 0 aliphatic carbocycles. The summed E-state index contributed by atoms with van der Waals surface area (Å²) < 4.78 is 12.4. The number of nitrogens with zero attached hydrogens (tertiary/aromatic N) is 2. The van der Waals surface area contributed by atoms with Crippen LogP contribution in [0.25, 0.3) is 0 Å². The Balaban J connectivity index is 3.26. The normalized spacial score (nSPS) is 9.00. The van der Waals surface area contributed by atoms with Gasteiger partial charge in [-0.15, -0.1) is 0 Å². The lowest BCUT2D eigenvalue weighted by Crippen LogP contribution is -2.00. The Morgan fingerprint density at radius 1 is 1.67 bits per heavy atom. The van der Waals surface area contributed by atoms with Crippen molar-refractivity contribution in [2.45, 2.75) is 0 Å². The van der Waals surface area contributed by atoms with Crippen molar-refractivity contribution in [3.05, 3.63) is 29.3 Å². The molecule has 4 nitrogen and oxygen atoms in total. The van der Waals surface area contributed by atoms with E-state index < -0.39 is 11.9 Å². The van der Waals surface area contributed by atoms with E-state index >= 15 is 0 Å². The lowest BCUT2D eigenvalue weighted by atomic mass is 10.2. The number of nitriles is 1. The van der Waals surface area contributed by atoms with Crippen LogP contribution >= 0.6 is 0 Å². The van der Waals surface area contributed by atoms with Gasteiger partial charge in [-0.05, 0) is 6.07 Å². The highest BCUT2D eigenvalue weighted by Gasteiger charge is 2.07. The molecular weight excluding hydrogens is 163 g/mol. The molecule has 0 saturated carbocycles. The molecule has 0 aromatic carbocycles. The molecule has 0 bridgehead atoms. The van der Waals surface area contributed by atoms with Gasteiger partial charge in [0.15, 0.2) is 0 Å². The van der Waals surface area contributed by atoms with E-state index in [2.05, 4.69) is 4.98 Å². The molecule has 0 amide bonds. The average molecular weight is 166 g/mol. The maximum Gasteiger partial charge on any atom is 0.335 e. The highest BCUT2D eigenvalue weighted by atomic mass is 19.1. The molecule has 0 saturated heterocycles. The van der Waals surface area contributed by atoms with Crippen LogP contribution < -0.4 is 0 Å². The Morgan fingerprint density at radius 3 is 2.83 bits per heavy atom. The summed E-state index contributed by atoms with van der Waals surface area (Å²) in [4.78, 5) is 13.5. The van der Waals surface area contributed by atoms with E-state index in [-0.39, 0.29) is 11.3 Å². The Labute approximate surface area is 66.9 Å². The van der Waals surface area contributed by atoms with Crippen LogP contribution in [0.1, 0.15) is 16.1 Å². The van der Waals surface area contributed by atoms with Crippen molar-refractivity contribution >= 4 is 5.97 Å². The third kappa shape index (κ3) is 1.55. The van der Waals surface area contributed by atoms with E-state index in [1.807, 2.05) is 0 Å². The van der Waals surface area contributed by atoms with E-state index in [9.17, 15) is 9.18 Å². The van der Waals surface area contributed by atoms with Gasteiger partial charge in [-0.1, -0.05) is 0 Å². The molecule has 1 rings (SSSR count). The first-order chi connectivity index (χ1) is 5.63. The standard InChI is InChI=1S/C7H3FN2O2/c8-6-2-4(7(11)12)1-5(3-9)10-6/h1-2H,(H,11,12). The van der Waals surface area contributed by atoms with Gasteiger partial charge in [0.25, 0.3) is 0 Å². The number of pyridine rings is 1. The predicted octanol–water partition coefficient (Wildman–Crippen LogP) is 0.791. The molecular formula is C7H3FN2O2. The fraction of sp³-hybridized carbons (Fsp3) is 0. The molecule has 1 N–H and O–H groups in total. The number of aromatic nitrogens is 1. The molecule has 0 radical (unpaired) electrons. The summed E-state index contributed by atoms with van der Waals surface area (Å²) in [5.41, 5.74) is -0.522. The summed E-state index contributed by atoms with van der Waals surface area (Å²) in [6.07, 6.45) is 0. The minimum Gasteiger partial charge on any atom is -0.478 e. The molecule has 5 heteroatoms. The molecule has 0 fully saturated rings. The number of carboxylic acid groups (broad SMARTS) is 1. The molecule has 1 aromatic heterocycles. The van der Waals surface area contributed by atoms with Crippen LogP contribution in [0, 0.1) is 17.3 Å². The number of carboxylic acids is 1. The number of halogens is 1. The Morgan fingerprint density at radius 2 is 2.33 bits per heavy atom. The molecule has 0 spiro atoms. The maximum atomic E-state index is 12.4. The van der Waals surface area contributed by atoms with Crippen molar-refractivity contribution in [3.8, 4) is 6.07 Å². The van der Waals surface area contributed by atoms with Gasteiger partial charge in [-0.2, -0.15) is 9.65 Å². The van der Waals surface area contributed by atoms with Gasteiger partial charge in [0.2, 0.25) is 5.95 Å². The SMILES string of the molecule is N#Cc1cc(C(=O)O)cc(F)n1. The molecule has 0 aliphatic rings. The van der Waals surface area contributed by atoms with Crippen molar-refractivity contribution in [1.82, 2.24) is 4.98 Å². The smallest absolute Gasteiger partial charge is 0.335 e. The molecule has 60 valence electrons. The van der Waals surface area contributed by atoms with Crippen LogP contribution in [0.3, 0.4) is 0 Å². The van der Waals surface area contributed by atoms with Crippen molar-refractivity contribution in [1.29, 1.82) is 5.26 Å². The minimum absolute atomic E-state index is 0.243. The highest BCUT2D eigenvalue weighted by Crippen LogP contribution is 2.03. The molecule has 12 heavy (non-hydrogen) atoms. The van der Waals surface area contributed by atoms with Gasteiger partial charge < -0.3 is 5.11 Å². The lowest BCUT2D eigenvalue weighted by molar-refractivity contribution is 0.0696. The maximum absolute atomic E-state index is 12.4. The molecule has 1 aromatic rings. The summed E-state index contributed by atoms with van der Waals surface area (Å²) in [5.74, 6) is -2.25. The van der Waals surface area contributed by atoms with Gasteiger partial charge >= 0.3 is 5.97 Å². The first kappa shape index (κ1) is 8.14. The summed E-state index contributed by atoms with van der Waals surface area (Å²) in [5, 5.41) is 16.7. The van der Waals surface area contributed by atoms with Crippen LogP contribution in [-0.2, 0) is 0 Å². The Bertz CT molecular complexity index is 370. The van der Waals surface area contributed by atoms with Crippen LogP contribution in [-0.4, -0.2) is 16.1 Å². The first-order valence-electron chi connectivity index (χ1n) is 2.94. The largest absolute Gasteiger partial charge is 0.478 e. The van der Waals surface area contributed by atoms with E-state index in [1.54, 1.807) is 6.07 Å². The average Bonchev–Trinajstić information content (AvgIpc) is 2.03. The second kappa shape index (κ2) is 2.96. The van der Waals surface area contributed by atoms with Gasteiger partial charge in [0.1, 0.15) is 11.8 Å². The van der Waals surface area contributed by atoms with Gasteiger partial charge in [0.05, 0.1) is 5.56 Å². The van der Waals surface area contributed by atoms with Crippen LogP contribution in [0.5, 0.6) is 0 Å². The molecule has 0 aliphatic heterocycles. The highest BCUT2D eigenvalue weighted by molar-refractivity contribution is 5.87. The molecule has 0 unspecified atom stereocenters. The van der Waals surface area contributed by atoms with E-state index in [4.69, 9.17) is 10.4 Å². The second-order valence-corrected chi connectivity index (χ2v) is 1.98. The zero-order valence-electron chi connectivity index (χ0n) is 5.78. The summed E-state index contributed by atoms with van der Waals surface area (Å²) in [7, 11) is 0. The number of carbonyl (C=O) groups is 1. The van der Waals surface area contributed by atoms with E-state index in [1.165, 1.54) is 0 Å². The van der Waals surface area contributed by atoms with Crippen LogP contribution in [0.2, 0.25) is 0 Å². The minimum atomic E-state index is -1.28. The topological polar surface area (TPSA) is 74.0 Å². The Hall–Kier alpha value is -1.96. The number of hydrogen-bond acceptors (Lipinski definition) is 3. The van der Waals surface area contributed by atoms with Gasteiger partial charge in [-0.25, -0.2) is 9.78 Å². The lowest BCUT2D eigenvalue weighted by Gasteiger charge is -1.93. The molecule has 1 heterocycles. The zero-order valence-corrected chi connectivity index (χ0v) is 5.78. The quantitative estimate of drug-likeness (QED) is 0.626. The fourth-order valence-corrected chi connectivity index (χ4v) is 0.678. The van der Waals surface area contributed by atoms with Crippen molar-refractivity contribution in [2.24, 2.45) is 0 Å². The van der Waals surface area contributed by atoms with Gasteiger partial charge in [-0.3, -0.25) is 0 Å². The van der Waals surface area contributed by atoms with Crippen LogP contribution in [0.15, 0.2) is 12.1 Å². The second-order valence-electron chi connectivity index (χ2n) is 1.98. The Kier molecular flexibility index (Phi) is 2.01. The summed E-state index contributed by atoms with van der Waals surface area (Å²) >= 11 is 0. The third-order valence-electron chi connectivity index (χ3n) is 1.16. The zero-order chi connectivity index (χ0) is 9.14. The fourth-order valence-electron chi connectivity index (χ4n) is 0.678.